The summed E-state index contributed by atoms with van der Waals surface area (Å²) in [6.45, 7) is 1.83. The smallest absolute Gasteiger partial charge is 0.352 e. The SMILES string of the molecule is Cc1ccc(F)c(-c2cc[nH]c2C(=O)O)c1. The molecule has 0 aliphatic rings. The highest BCUT2D eigenvalue weighted by Crippen LogP contribution is 2.26. The number of nitrogens with one attached hydrogen (secondary N) is 1. The lowest BCUT2D eigenvalue weighted by Crippen LogP contribution is -1.99. The van der Waals surface area contributed by atoms with E-state index in [1.54, 1.807) is 18.2 Å². The number of aromatic carboxylic acids is 1. The zero-order valence-electron chi connectivity index (χ0n) is 8.62. The number of hydrogen-bond donors (Lipinski definition) is 2. The van der Waals surface area contributed by atoms with E-state index in [0.29, 0.717) is 11.1 Å². The average Bonchev–Trinajstić information content (AvgIpc) is 2.70. The summed E-state index contributed by atoms with van der Waals surface area (Å²) in [6.07, 6.45) is 1.49. The van der Waals surface area contributed by atoms with Crippen molar-refractivity contribution in [1.82, 2.24) is 4.98 Å². The van der Waals surface area contributed by atoms with Gasteiger partial charge in [-0.05, 0) is 25.1 Å². The first-order valence-corrected chi connectivity index (χ1v) is 4.77. The van der Waals surface area contributed by atoms with Crippen molar-refractivity contribution in [3.8, 4) is 11.1 Å². The maximum atomic E-state index is 13.6. The van der Waals surface area contributed by atoms with Crippen molar-refractivity contribution >= 4 is 5.97 Å². The Morgan fingerprint density at radius 1 is 1.31 bits per heavy atom. The molecule has 0 atom stereocenters. The van der Waals surface area contributed by atoms with E-state index in [9.17, 15) is 9.18 Å². The first-order chi connectivity index (χ1) is 7.59. The lowest BCUT2D eigenvalue weighted by Gasteiger charge is -2.04. The topological polar surface area (TPSA) is 53.1 Å². The number of halogens is 1. The normalized spacial score (nSPS) is 10.4. The maximum absolute atomic E-state index is 13.6. The van der Waals surface area contributed by atoms with Crippen LogP contribution in [-0.4, -0.2) is 16.1 Å². The van der Waals surface area contributed by atoms with Gasteiger partial charge < -0.3 is 10.1 Å². The van der Waals surface area contributed by atoms with E-state index in [2.05, 4.69) is 4.98 Å². The Labute approximate surface area is 91.5 Å². The van der Waals surface area contributed by atoms with E-state index in [1.807, 2.05) is 6.92 Å². The molecule has 0 unspecified atom stereocenters. The standard InChI is InChI=1S/C12H10FNO2/c1-7-2-3-10(13)9(6-7)8-4-5-14-11(8)12(15)16/h2-6,14H,1H3,(H,15,16). The van der Waals surface area contributed by atoms with E-state index >= 15 is 0 Å². The summed E-state index contributed by atoms with van der Waals surface area (Å²) < 4.78 is 13.6. The van der Waals surface area contributed by atoms with E-state index in [-0.39, 0.29) is 5.69 Å². The number of aromatic nitrogens is 1. The number of carbonyl (C=O) groups is 1. The quantitative estimate of drug-likeness (QED) is 0.815. The summed E-state index contributed by atoms with van der Waals surface area (Å²) in [5.41, 5.74) is 1.56. The molecule has 2 rings (SSSR count). The fourth-order valence-electron chi connectivity index (χ4n) is 1.62. The molecule has 0 spiro atoms. The first kappa shape index (κ1) is 10.4. The van der Waals surface area contributed by atoms with Crippen molar-refractivity contribution in [3.63, 3.8) is 0 Å². The molecule has 0 amide bonds. The molecule has 0 fully saturated rings. The Hall–Kier alpha value is -2.10. The van der Waals surface area contributed by atoms with Crippen LogP contribution in [0, 0.1) is 12.7 Å². The third kappa shape index (κ3) is 1.69. The Kier molecular flexibility index (Phi) is 2.48. The predicted octanol–water partition coefficient (Wildman–Crippen LogP) is 2.83. The van der Waals surface area contributed by atoms with E-state index < -0.39 is 11.8 Å². The molecule has 3 nitrogen and oxygen atoms in total. The predicted molar refractivity (Wildman–Crippen MR) is 57.9 cm³/mol. The van der Waals surface area contributed by atoms with E-state index in [0.717, 1.165) is 5.56 Å². The molecule has 1 heterocycles. The van der Waals surface area contributed by atoms with Crippen molar-refractivity contribution in [3.05, 3.63) is 47.5 Å². The van der Waals surface area contributed by atoms with Crippen molar-refractivity contribution < 1.29 is 14.3 Å². The molecule has 0 saturated heterocycles. The molecule has 0 saturated carbocycles. The van der Waals surface area contributed by atoms with Gasteiger partial charge in [-0.25, -0.2) is 9.18 Å². The van der Waals surface area contributed by atoms with Crippen LogP contribution in [-0.2, 0) is 0 Å². The molecule has 1 aromatic carbocycles. The summed E-state index contributed by atoms with van der Waals surface area (Å²) in [5.74, 6) is -1.52. The van der Waals surface area contributed by atoms with Crippen LogP contribution in [0.1, 0.15) is 16.1 Å². The fraction of sp³-hybridized carbons (Fsp3) is 0.0833. The van der Waals surface area contributed by atoms with E-state index in [1.165, 1.54) is 12.3 Å². The molecule has 82 valence electrons. The molecule has 0 bridgehead atoms. The molecule has 16 heavy (non-hydrogen) atoms. The fourth-order valence-corrected chi connectivity index (χ4v) is 1.62. The summed E-state index contributed by atoms with van der Waals surface area (Å²) in [5, 5.41) is 8.92. The van der Waals surface area contributed by atoms with Crippen molar-refractivity contribution in [2.45, 2.75) is 6.92 Å². The number of aromatic amines is 1. The van der Waals surface area contributed by atoms with Crippen LogP contribution in [0.3, 0.4) is 0 Å². The Morgan fingerprint density at radius 2 is 2.06 bits per heavy atom. The number of benzene rings is 1. The Morgan fingerprint density at radius 3 is 2.75 bits per heavy atom. The van der Waals surface area contributed by atoms with Crippen LogP contribution >= 0.6 is 0 Å². The van der Waals surface area contributed by atoms with Gasteiger partial charge in [0.25, 0.3) is 0 Å². The van der Waals surface area contributed by atoms with Gasteiger partial charge in [-0.3, -0.25) is 0 Å². The minimum atomic E-state index is -1.10. The van der Waals surface area contributed by atoms with Gasteiger partial charge in [-0.2, -0.15) is 0 Å². The summed E-state index contributed by atoms with van der Waals surface area (Å²) in [6, 6.07) is 6.17. The van der Waals surface area contributed by atoms with Gasteiger partial charge in [0.1, 0.15) is 11.5 Å². The monoisotopic (exact) mass is 219 g/mol. The lowest BCUT2D eigenvalue weighted by atomic mass is 10.0. The van der Waals surface area contributed by atoms with Crippen molar-refractivity contribution in [2.24, 2.45) is 0 Å². The van der Waals surface area contributed by atoms with Crippen LogP contribution in [0.25, 0.3) is 11.1 Å². The highest BCUT2D eigenvalue weighted by Gasteiger charge is 2.15. The van der Waals surface area contributed by atoms with Gasteiger partial charge in [0.15, 0.2) is 0 Å². The number of rotatable bonds is 2. The molecular formula is C12H10FNO2. The van der Waals surface area contributed by atoms with Gasteiger partial charge >= 0.3 is 5.97 Å². The Bertz CT molecular complexity index is 546. The van der Waals surface area contributed by atoms with Crippen molar-refractivity contribution in [1.29, 1.82) is 0 Å². The van der Waals surface area contributed by atoms with Gasteiger partial charge in [0, 0.05) is 17.3 Å². The highest BCUT2D eigenvalue weighted by molar-refractivity contribution is 5.94. The molecule has 2 aromatic rings. The van der Waals surface area contributed by atoms with Crippen LogP contribution in [0.2, 0.25) is 0 Å². The van der Waals surface area contributed by atoms with Crippen LogP contribution < -0.4 is 0 Å². The average molecular weight is 219 g/mol. The second kappa shape index (κ2) is 3.81. The second-order valence-corrected chi connectivity index (χ2v) is 3.55. The Balaban J connectivity index is 2.62. The van der Waals surface area contributed by atoms with Crippen LogP contribution in [0.15, 0.2) is 30.5 Å². The molecule has 0 aliphatic carbocycles. The second-order valence-electron chi connectivity index (χ2n) is 3.55. The van der Waals surface area contributed by atoms with Crippen LogP contribution in [0.4, 0.5) is 4.39 Å². The zero-order chi connectivity index (χ0) is 11.7. The number of aryl methyl sites for hydroxylation is 1. The number of carboxylic acid groups (broad SMARTS) is 1. The highest BCUT2D eigenvalue weighted by atomic mass is 19.1. The summed E-state index contributed by atoms with van der Waals surface area (Å²) >= 11 is 0. The molecular weight excluding hydrogens is 209 g/mol. The largest absolute Gasteiger partial charge is 0.477 e. The molecule has 1 aromatic heterocycles. The molecule has 0 radical (unpaired) electrons. The summed E-state index contributed by atoms with van der Waals surface area (Å²) in [4.78, 5) is 13.5. The number of H-pyrrole nitrogens is 1. The minimum Gasteiger partial charge on any atom is -0.477 e. The molecule has 2 N–H and O–H groups in total. The van der Waals surface area contributed by atoms with Crippen LogP contribution in [0.5, 0.6) is 0 Å². The third-order valence-corrected chi connectivity index (χ3v) is 2.37. The van der Waals surface area contributed by atoms with Gasteiger partial charge in [-0.1, -0.05) is 11.6 Å². The first-order valence-electron chi connectivity index (χ1n) is 4.77. The summed E-state index contributed by atoms with van der Waals surface area (Å²) in [7, 11) is 0. The van der Waals surface area contributed by atoms with Crippen molar-refractivity contribution in [2.75, 3.05) is 0 Å². The number of carboxylic acids is 1. The van der Waals surface area contributed by atoms with Gasteiger partial charge in [0.2, 0.25) is 0 Å². The third-order valence-electron chi connectivity index (χ3n) is 2.37. The maximum Gasteiger partial charge on any atom is 0.352 e. The lowest BCUT2D eigenvalue weighted by molar-refractivity contribution is 0.0692. The minimum absolute atomic E-state index is 0.00417. The molecule has 4 heteroatoms. The zero-order valence-corrected chi connectivity index (χ0v) is 8.62. The van der Waals surface area contributed by atoms with E-state index in [4.69, 9.17) is 5.11 Å². The molecule has 0 aliphatic heterocycles. The van der Waals surface area contributed by atoms with Gasteiger partial charge in [-0.15, -0.1) is 0 Å². The number of hydrogen-bond acceptors (Lipinski definition) is 1. The van der Waals surface area contributed by atoms with Gasteiger partial charge in [0.05, 0.1) is 0 Å².